The van der Waals surface area contributed by atoms with Crippen LogP contribution in [0, 0.1) is 23.5 Å². The Balaban J connectivity index is 1.49. The monoisotopic (exact) mass is 377 g/mol. The number of nitrogens with one attached hydrogen (secondary N) is 2. The molecule has 3 aliphatic rings. The first kappa shape index (κ1) is 17.9. The molecule has 1 atom stereocenters. The summed E-state index contributed by atoms with van der Waals surface area (Å²) in [4.78, 5) is 38.2. The van der Waals surface area contributed by atoms with E-state index in [9.17, 15) is 23.2 Å². The lowest BCUT2D eigenvalue weighted by molar-refractivity contribution is -0.135. The smallest absolute Gasteiger partial charge is 0.325 e. The summed E-state index contributed by atoms with van der Waals surface area (Å²) in [5.41, 5.74) is -2.02. The third kappa shape index (κ3) is 3.28. The number of benzene rings is 1. The highest BCUT2D eigenvalue weighted by Crippen LogP contribution is 2.44. The second kappa shape index (κ2) is 6.28. The summed E-state index contributed by atoms with van der Waals surface area (Å²) in [7, 11) is 0. The van der Waals surface area contributed by atoms with E-state index in [0.29, 0.717) is 11.8 Å². The lowest BCUT2D eigenvalue weighted by Gasteiger charge is -2.23. The van der Waals surface area contributed by atoms with Crippen molar-refractivity contribution in [2.24, 2.45) is 11.8 Å². The molecule has 4 rings (SSSR count). The summed E-state index contributed by atoms with van der Waals surface area (Å²) in [6.45, 7) is 0.868. The first-order valence-corrected chi connectivity index (χ1v) is 9.18. The molecule has 0 spiro atoms. The van der Waals surface area contributed by atoms with Gasteiger partial charge in [0.2, 0.25) is 5.91 Å². The predicted molar refractivity (Wildman–Crippen MR) is 91.3 cm³/mol. The van der Waals surface area contributed by atoms with Crippen molar-refractivity contribution in [3.8, 4) is 0 Å². The van der Waals surface area contributed by atoms with Crippen LogP contribution in [-0.2, 0) is 15.1 Å². The highest BCUT2D eigenvalue weighted by Gasteiger charge is 2.51. The lowest BCUT2D eigenvalue weighted by Crippen LogP contribution is -2.46. The summed E-state index contributed by atoms with van der Waals surface area (Å²) in [6, 6.07) is 2.03. The number of hydrogen-bond acceptors (Lipinski definition) is 3. The lowest BCUT2D eigenvalue weighted by atomic mass is 9.91. The third-order valence-electron chi connectivity index (χ3n) is 5.63. The quantitative estimate of drug-likeness (QED) is 0.745. The number of imide groups is 1. The number of amides is 4. The Kier molecular flexibility index (Phi) is 4.16. The molecule has 1 saturated heterocycles. The summed E-state index contributed by atoms with van der Waals surface area (Å²) in [5.74, 6) is -1.75. The largest absolute Gasteiger partial charge is 0.351 e. The third-order valence-corrected chi connectivity index (χ3v) is 5.63. The number of urea groups is 1. The van der Waals surface area contributed by atoms with Gasteiger partial charge in [-0.3, -0.25) is 14.5 Å². The van der Waals surface area contributed by atoms with Crippen molar-refractivity contribution in [1.29, 1.82) is 0 Å². The van der Waals surface area contributed by atoms with Gasteiger partial charge in [-0.05, 0) is 62.6 Å². The number of carbonyl (C=O) groups excluding carboxylic acids is 3. The minimum atomic E-state index is -1.75. The van der Waals surface area contributed by atoms with Crippen molar-refractivity contribution in [3.05, 3.63) is 35.4 Å². The minimum absolute atomic E-state index is 0.102. The molecule has 2 saturated carbocycles. The van der Waals surface area contributed by atoms with E-state index in [1.54, 1.807) is 0 Å². The Morgan fingerprint density at radius 1 is 1.26 bits per heavy atom. The van der Waals surface area contributed by atoms with Crippen molar-refractivity contribution >= 4 is 17.8 Å². The summed E-state index contributed by atoms with van der Waals surface area (Å²) >= 11 is 0. The van der Waals surface area contributed by atoms with Crippen molar-refractivity contribution in [1.82, 2.24) is 15.5 Å². The molecule has 0 bridgehead atoms. The molecule has 1 heterocycles. The first-order valence-electron chi connectivity index (χ1n) is 9.18. The van der Waals surface area contributed by atoms with Crippen molar-refractivity contribution in [2.75, 3.05) is 6.54 Å². The summed E-state index contributed by atoms with van der Waals surface area (Å²) < 4.78 is 27.7. The van der Waals surface area contributed by atoms with Crippen molar-refractivity contribution < 1.29 is 23.2 Å². The Labute approximate surface area is 155 Å². The zero-order valence-electron chi connectivity index (χ0n) is 14.9. The molecule has 1 aromatic carbocycles. The van der Waals surface area contributed by atoms with E-state index in [4.69, 9.17) is 0 Å². The van der Waals surface area contributed by atoms with Crippen LogP contribution in [-0.4, -0.2) is 35.3 Å². The highest BCUT2D eigenvalue weighted by atomic mass is 19.1. The van der Waals surface area contributed by atoms with E-state index >= 15 is 0 Å². The van der Waals surface area contributed by atoms with Crippen LogP contribution < -0.4 is 10.6 Å². The van der Waals surface area contributed by atoms with Crippen LogP contribution in [0.3, 0.4) is 0 Å². The highest BCUT2D eigenvalue weighted by molar-refractivity contribution is 6.09. The van der Waals surface area contributed by atoms with E-state index in [0.717, 1.165) is 48.8 Å². The normalized spacial score (nSPS) is 25.1. The second-order valence-electron chi connectivity index (χ2n) is 7.84. The van der Waals surface area contributed by atoms with Crippen molar-refractivity contribution in [3.63, 3.8) is 0 Å². The molecule has 8 heteroatoms. The molecule has 4 amide bonds. The molecule has 2 aliphatic carbocycles. The van der Waals surface area contributed by atoms with Crippen LogP contribution in [0.4, 0.5) is 13.6 Å². The summed E-state index contributed by atoms with van der Waals surface area (Å²) in [5, 5.41) is 5.34. The van der Waals surface area contributed by atoms with Crippen LogP contribution in [0.15, 0.2) is 18.2 Å². The summed E-state index contributed by atoms with van der Waals surface area (Å²) in [6.07, 6.45) is 4.34. The topological polar surface area (TPSA) is 78.5 Å². The average Bonchev–Trinajstić information content (AvgIpc) is 3.51. The van der Waals surface area contributed by atoms with Gasteiger partial charge in [0.05, 0.1) is 0 Å². The number of nitrogens with zero attached hydrogens (tertiary/aromatic N) is 1. The molecular weight excluding hydrogens is 356 g/mol. The zero-order valence-corrected chi connectivity index (χ0v) is 14.9. The van der Waals surface area contributed by atoms with Gasteiger partial charge in [0.15, 0.2) is 0 Å². The maximum atomic E-state index is 14.2. The molecule has 1 aromatic rings. The Morgan fingerprint density at radius 2 is 1.89 bits per heavy atom. The first-order chi connectivity index (χ1) is 12.8. The maximum Gasteiger partial charge on any atom is 0.325 e. The number of halogens is 2. The van der Waals surface area contributed by atoms with Crippen LogP contribution >= 0.6 is 0 Å². The van der Waals surface area contributed by atoms with Gasteiger partial charge < -0.3 is 10.6 Å². The van der Waals surface area contributed by atoms with Gasteiger partial charge >= 0.3 is 6.03 Å². The molecule has 2 N–H and O–H groups in total. The van der Waals surface area contributed by atoms with Crippen molar-refractivity contribution in [2.45, 2.75) is 44.2 Å². The number of hydrogen-bond donors (Lipinski definition) is 2. The van der Waals surface area contributed by atoms with Gasteiger partial charge in [0.1, 0.15) is 23.7 Å². The van der Waals surface area contributed by atoms with Gasteiger partial charge in [-0.2, -0.15) is 0 Å². The predicted octanol–water partition coefficient (Wildman–Crippen LogP) is 2.04. The van der Waals surface area contributed by atoms with Gasteiger partial charge in [-0.15, -0.1) is 0 Å². The molecule has 0 aromatic heterocycles. The fourth-order valence-corrected chi connectivity index (χ4v) is 3.81. The number of carbonyl (C=O) groups is 3. The molecule has 1 aliphatic heterocycles. The average molecular weight is 377 g/mol. The fourth-order valence-electron chi connectivity index (χ4n) is 3.81. The molecular formula is C19H21F2N3O3. The van der Waals surface area contributed by atoms with E-state index in [2.05, 4.69) is 10.6 Å². The van der Waals surface area contributed by atoms with Crippen LogP contribution in [0.2, 0.25) is 0 Å². The molecule has 27 heavy (non-hydrogen) atoms. The number of rotatable bonds is 6. The van der Waals surface area contributed by atoms with E-state index < -0.39 is 41.6 Å². The minimum Gasteiger partial charge on any atom is -0.351 e. The Morgan fingerprint density at radius 3 is 2.48 bits per heavy atom. The molecule has 6 nitrogen and oxygen atoms in total. The molecule has 144 valence electrons. The van der Waals surface area contributed by atoms with E-state index in [1.807, 2.05) is 0 Å². The second-order valence-corrected chi connectivity index (χ2v) is 7.84. The maximum absolute atomic E-state index is 14.2. The van der Waals surface area contributed by atoms with Gasteiger partial charge in [0.25, 0.3) is 5.91 Å². The zero-order chi connectivity index (χ0) is 19.3. The molecule has 3 fully saturated rings. The molecule has 1 unspecified atom stereocenters. The van der Waals surface area contributed by atoms with Gasteiger partial charge in [0, 0.05) is 11.6 Å². The van der Waals surface area contributed by atoms with E-state index in [-0.39, 0.29) is 11.6 Å². The fraction of sp³-hybridized carbons (Fsp3) is 0.526. The van der Waals surface area contributed by atoms with Crippen LogP contribution in [0.5, 0.6) is 0 Å². The standard InChI is InChI=1S/C19H21F2N3O3/c1-19(13-8-12(20)6-7-14(13)21)17(26)24(18(27)23-19)9-15(25)22-16(10-2-3-10)11-4-5-11/h6-8,10-11,16H,2-5,9H2,1H3,(H,22,25)(H,23,27). The Bertz CT molecular complexity index is 810. The van der Waals surface area contributed by atoms with Gasteiger partial charge in [-0.25, -0.2) is 13.6 Å². The van der Waals surface area contributed by atoms with Gasteiger partial charge in [-0.1, -0.05) is 0 Å². The van der Waals surface area contributed by atoms with Crippen LogP contribution in [0.25, 0.3) is 0 Å². The molecule has 0 radical (unpaired) electrons. The SMILES string of the molecule is CC1(c2cc(F)ccc2F)NC(=O)N(CC(=O)NC(C2CC2)C2CC2)C1=O. The van der Waals surface area contributed by atoms with Crippen LogP contribution in [0.1, 0.15) is 38.2 Å². The Hall–Kier alpha value is -2.51. The van der Waals surface area contributed by atoms with E-state index in [1.165, 1.54) is 6.92 Å².